The number of hydrogen-bond acceptors (Lipinski definition) is 5. The second-order valence-corrected chi connectivity index (χ2v) is 6.48. The number of ether oxygens (including phenoxy) is 1. The van der Waals surface area contributed by atoms with Crippen molar-refractivity contribution in [2.45, 2.75) is 36.3 Å². The van der Waals surface area contributed by atoms with Crippen LogP contribution in [0.5, 0.6) is 0 Å². The molecule has 0 aromatic heterocycles. The second kappa shape index (κ2) is 5.79. The predicted octanol–water partition coefficient (Wildman–Crippen LogP) is 0.986. The highest BCUT2D eigenvalue weighted by atomic mass is 32.2. The first-order chi connectivity index (χ1) is 9.47. The molecule has 1 aromatic rings. The van der Waals surface area contributed by atoms with Crippen molar-refractivity contribution in [2.75, 3.05) is 12.8 Å². The van der Waals surface area contributed by atoms with Crippen molar-refractivity contribution in [3.8, 4) is 6.07 Å². The summed E-state index contributed by atoms with van der Waals surface area (Å²) in [5.74, 6) is 0. The first-order valence-corrected chi connectivity index (χ1v) is 7.81. The first-order valence-electron chi connectivity index (χ1n) is 6.32. The molecule has 0 spiro atoms. The number of nitrogens with one attached hydrogen (secondary N) is 1. The van der Waals surface area contributed by atoms with Crippen LogP contribution in [0.15, 0.2) is 23.1 Å². The molecule has 2 atom stereocenters. The molecule has 1 aliphatic rings. The van der Waals surface area contributed by atoms with Gasteiger partial charge in [0.25, 0.3) is 0 Å². The summed E-state index contributed by atoms with van der Waals surface area (Å²) in [6, 6.07) is 5.79. The van der Waals surface area contributed by atoms with E-state index in [0.717, 1.165) is 19.3 Å². The van der Waals surface area contributed by atoms with Gasteiger partial charge in [-0.2, -0.15) is 5.26 Å². The van der Waals surface area contributed by atoms with Gasteiger partial charge in [0.1, 0.15) is 6.07 Å². The van der Waals surface area contributed by atoms with Crippen LogP contribution in [0, 0.1) is 11.3 Å². The van der Waals surface area contributed by atoms with E-state index in [9.17, 15) is 8.42 Å². The molecule has 0 bridgehead atoms. The Labute approximate surface area is 118 Å². The van der Waals surface area contributed by atoms with Crippen LogP contribution < -0.4 is 10.5 Å². The molecule has 0 saturated heterocycles. The van der Waals surface area contributed by atoms with Crippen LogP contribution in [0.2, 0.25) is 0 Å². The molecule has 1 aliphatic carbocycles. The van der Waals surface area contributed by atoms with Gasteiger partial charge < -0.3 is 10.5 Å². The normalized spacial score (nSPS) is 22.6. The molecular weight excluding hydrogens is 278 g/mol. The third-order valence-corrected chi connectivity index (χ3v) is 5.02. The van der Waals surface area contributed by atoms with Gasteiger partial charge in [-0.25, -0.2) is 13.1 Å². The Morgan fingerprint density at radius 3 is 2.85 bits per heavy atom. The summed E-state index contributed by atoms with van der Waals surface area (Å²) in [5, 5.41) is 9.04. The fourth-order valence-corrected chi connectivity index (χ4v) is 3.91. The average Bonchev–Trinajstić information content (AvgIpc) is 2.84. The minimum absolute atomic E-state index is 0.0454. The number of anilines is 1. The number of nitriles is 1. The van der Waals surface area contributed by atoms with E-state index in [1.54, 1.807) is 7.11 Å². The number of nitrogen functional groups attached to an aromatic ring is 1. The molecule has 6 nitrogen and oxygen atoms in total. The Balaban J connectivity index is 2.29. The monoisotopic (exact) mass is 295 g/mol. The highest BCUT2D eigenvalue weighted by Crippen LogP contribution is 2.25. The summed E-state index contributed by atoms with van der Waals surface area (Å²) in [7, 11) is -2.18. The van der Waals surface area contributed by atoms with E-state index in [4.69, 9.17) is 15.7 Å². The van der Waals surface area contributed by atoms with E-state index >= 15 is 0 Å². The molecule has 3 N–H and O–H groups in total. The van der Waals surface area contributed by atoms with Crippen molar-refractivity contribution in [3.63, 3.8) is 0 Å². The zero-order valence-electron chi connectivity index (χ0n) is 11.2. The molecule has 2 rings (SSSR count). The van der Waals surface area contributed by atoms with Crippen LogP contribution in [0.4, 0.5) is 5.69 Å². The summed E-state index contributed by atoms with van der Waals surface area (Å²) in [6.45, 7) is 0. The molecule has 0 radical (unpaired) electrons. The number of nitrogens with two attached hydrogens (primary N) is 1. The highest BCUT2D eigenvalue weighted by molar-refractivity contribution is 7.89. The first kappa shape index (κ1) is 14.8. The molecule has 1 aromatic carbocycles. The van der Waals surface area contributed by atoms with Crippen LogP contribution in [0.25, 0.3) is 0 Å². The van der Waals surface area contributed by atoms with Gasteiger partial charge in [0.05, 0.1) is 16.6 Å². The molecule has 7 heteroatoms. The lowest BCUT2D eigenvalue weighted by Crippen LogP contribution is -2.40. The highest BCUT2D eigenvalue weighted by Gasteiger charge is 2.32. The molecule has 1 saturated carbocycles. The molecule has 0 amide bonds. The SMILES string of the molecule is COC1CCCC1NS(=O)(=O)c1ccc(N)cc1C#N. The summed E-state index contributed by atoms with van der Waals surface area (Å²) in [6.07, 6.45) is 2.35. The van der Waals surface area contributed by atoms with Crippen LogP contribution in [-0.2, 0) is 14.8 Å². The van der Waals surface area contributed by atoms with Crippen LogP contribution in [-0.4, -0.2) is 27.7 Å². The quantitative estimate of drug-likeness (QED) is 0.806. The van der Waals surface area contributed by atoms with Crippen LogP contribution >= 0.6 is 0 Å². The van der Waals surface area contributed by atoms with Crippen LogP contribution in [0.1, 0.15) is 24.8 Å². The summed E-state index contributed by atoms with van der Waals surface area (Å²) in [4.78, 5) is -0.0454. The van der Waals surface area contributed by atoms with E-state index in [2.05, 4.69) is 4.72 Å². The topological polar surface area (TPSA) is 105 Å². The number of rotatable bonds is 4. The molecule has 0 heterocycles. The van der Waals surface area contributed by atoms with Crippen molar-refractivity contribution >= 4 is 15.7 Å². The summed E-state index contributed by atoms with van der Waals surface area (Å²) in [5.41, 5.74) is 5.97. The lowest BCUT2D eigenvalue weighted by molar-refractivity contribution is 0.0916. The van der Waals surface area contributed by atoms with Gasteiger partial charge in [-0.15, -0.1) is 0 Å². The maximum Gasteiger partial charge on any atom is 0.242 e. The number of hydrogen-bond donors (Lipinski definition) is 2. The third kappa shape index (κ3) is 2.93. The Morgan fingerprint density at radius 1 is 1.45 bits per heavy atom. The average molecular weight is 295 g/mol. The van der Waals surface area contributed by atoms with E-state index in [0.29, 0.717) is 5.69 Å². The molecule has 20 heavy (non-hydrogen) atoms. The van der Waals surface area contributed by atoms with Crippen LogP contribution in [0.3, 0.4) is 0 Å². The summed E-state index contributed by atoms with van der Waals surface area (Å²) >= 11 is 0. The van der Waals surface area contributed by atoms with E-state index < -0.39 is 10.0 Å². The molecule has 2 unspecified atom stereocenters. The van der Waals surface area contributed by atoms with E-state index in [1.165, 1.54) is 18.2 Å². The maximum absolute atomic E-state index is 12.4. The van der Waals surface area contributed by atoms with Crippen molar-refractivity contribution in [1.82, 2.24) is 4.72 Å². The van der Waals surface area contributed by atoms with Gasteiger partial charge in [-0.05, 0) is 37.5 Å². The number of methoxy groups -OCH3 is 1. The van der Waals surface area contributed by atoms with Crippen molar-refractivity contribution in [1.29, 1.82) is 5.26 Å². The van der Waals surface area contributed by atoms with Crippen molar-refractivity contribution in [3.05, 3.63) is 23.8 Å². The van der Waals surface area contributed by atoms with Gasteiger partial charge in [0.2, 0.25) is 10.0 Å². The van der Waals surface area contributed by atoms with Gasteiger partial charge in [-0.3, -0.25) is 0 Å². The lowest BCUT2D eigenvalue weighted by atomic mass is 10.2. The second-order valence-electron chi connectivity index (χ2n) is 4.80. The zero-order valence-corrected chi connectivity index (χ0v) is 12.0. The smallest absolute Gasteiger partial charge is 0.242 e. The van der Waals surface area contributed by atoms with Gasteiger partial charge in [0.15, 0.2) is 0 Å². The Bertz CT molecular complexity index is 637. The Kier molecular flexibility index (Phi) is 4.28. The van der Waals surface area contributed by atoms with E-state index in [1.807, 2.05) is 6.07 Å². The zero-order chi connectivity index (χ0) is 14.8. The minimum Gasteiger partial charge on any atom is -0.399 e. The van der Waals surface area contributed by atoms with Gasteiger partial charge in [-0.1, -0.05) is 0 Å². The molecule has 0 aliphatic heterocycles. The third-order valence-electron chi connectivity index (χ3n) is 3.48. The number of benzene rings is 1. The fourth-order valence-electron chi connectivity index (χ4n) is 2.48. The predicted molar refractivity (Wildman–Crippen MR) is 74.3 cm³/mol. The van der Waals surface area contributed by atoms with Crippen molar-refractivity contribution < 1.29 is 13.2 Å². The molecule has 108 valence electrons. The molecular formula is C13H17N3O3S. The Hall–Kier alpha value is -1.62. The molecule has 1 fully saturated rings. The minimum atomic E-state index is -3.75. The number of sulfonamides is 1. The Morgan fingerprint density at radius 2 is 2.20 bits per heavy atom. The maximum atomic E-state index is 12.4. The van der Waals surface area contributed by atoms with Gasteiger partial charge in [0, 0.05) is 18.8 Å². The van der Waals surface area contributed by atoms with Gasteiger partial charge >= 0.3 is 0 Å². The standard InChI is InChI=1S/C13H17N3O3S/c1-19-12-4-2-3-11(12)16-20(17,18)13-6-5-10(15)7-9(13)8-14/h5-7,11-12,16H,2-4,15H2,1H3. The summed E-state index contributed by atoms with van der Waals surface area (Å²) < 4.78 is 32.7. The van der Waals surface area contributed by atoms with Crippen molar-refractivity contribution in [2.24, 2.45) is 0 Å². The largest absolute Gasteiger partial charge is 0.399 e. The fraction of sp³-hybridized carbons (Fsp3) is 0.462. The number of nitrogens with zero attached hydrogens (tertiary/aromatic N) is 1. The van der Waals surface area contributed by atoms with E-state index in [-0.39, 0.29) is 22.6 Å². The lowest BCUT2D eigenvalue weighted by Gasteiger charge is -2.20.